The van der Waals surface area contributed by atoms with Crippen molar-refractivity contribution in [1.82, 2.24) is 5.43 Å². The van der Waals surface area contributed by atoms with Crippen LogP contribution in [0.2, 0.25) is 0 Å². The molecule has 94 valence electrons. The second-order valence-electron chi connectivity index (χ2n) is 5.10. The highest BCUT2D eigenvalue weighted by molar-refractivity contribution is 9.10. The van der Waals surface area contributed by atoms with Crippen molar-refractivity contribution < 1.29 is 4.79 Å². The number of benzene rings is 1. The molecule has 0 aliphatic heterocycles. The van der Waals surface area contributed by atoms with E-state index in [0.717, 1.165) is 16.8 Å². The summed E-state index contributed by atoms with van der Waals surface area (Å²) in [4.78, 5) is 12.0. The third-order valence-corrected chi connectivity index (χ3v) is 4.62. The van der Waals surface area contributed by atoms with Gasteiger partial charge in [-0.15, -0.1) is 0 Å². The van der Waals surface area contributed by atoms with Crippen molar-refractivity contribution >= 4 is 27.5 Å². The number of fused-ring (bicyclic) bond motifs is 2. The van der Waals surface area contributed by atoms with Gasteiger partial charge in [0, 0.05) is 10.2 Å². The molecule has 2 aliphatic carbocycles. The van der Waals surface area contributed by atoms with E-state index in [0.29, 0.717) is 11.5 Å². The molecule has 4 heteroatoms. The Hall–Kier alpha value is -1.16. The molecule has 1 N–H and O–H groups in total. The number of amides is 1. The first kappa shape index (κ1) is 11.9. The number of carbonyl (C=O) groups excluding carboxylic acids is 1. The molecular formula is C14H15BrN2O. The van der Waals surface area contributed by atoms with Gasteiger partial charge in [0.2, 0.25) is 0 Å². The first-order chi connectivity index (χ1) is 8.74. The normalized spacial score (nSPS) is 27.7. The summed E-state index contributed by atoms with van der Waals surface area (Å²) < 4.78 is 0.802. The van der Waals surface area contributed by atoms with Gasteiger partial charge in [-0.05, 0) is 65.6 Å². The third kappa shape index (κ3) is 2.21. The number of hydrogen-bond donors (Lipinski definition) is 1. The molecule has 1 aromatic carbocycles. The number of hydrazone groups is 1. The molecule has 3 rings (SSSR count). The van der Waals surface area contributed by atoms with Crippen LogP contribution in [-0.2, 0) is 0 Å². The quantitative estimate of drug-likeness (QED) is 0.836. The lowest BCUT2D eigenvalue weighted by molar-refractivity contribution is 0.0953. The van der Waals surface area contributed by atoms with Gasteiger partial charge in [0.15, 0.2) is 0 Å². The van der Waals surface area contributed by atoms with Crippen LogP contribution in [0.1, 0.15) is 36.0 Å². The van der Waals surface area contributed by atoms with Gasteiger partial charge in [-0.25, -0.2) is 5.43 Å². The molecule has 2 aliphatic rings. The number of nitrogens with one attached hydrogen (secondary N) is 1. The van der Waals surface area contributed by atoms with E-state index in [1.54, 1.807) is 6.07 Å². The summed E-state index contributed by atoms with van der Waals surface area (Å²) in [7, 11) is 0. The van der Waals surface area contributed by atoms with E-state index in [9.17, 15) is 4.79 Å². The van der Waals surface area contributed by atoms with E-state index in [4.69, 9.17) is 0 Å². The van der Waals surface area contributed by atoms with Gasteiger partial charge in [0.25, 0.3) is 5.91 Å². The van der Waals surface area contributed by atoms with Crippen LogP contribution in [0.5, 0.6) is 0 Å². The molecule has 0 heterocycles. The molecule has 2 bridgehead atoms. The summed E-state index contributed by atoms with van der Waals surface area (Å²) in [6.07, 6.45) is 4.92. The van der Waals surface area contributed by atoms with E-state index in [2.05, 4.69) is 26.5 Å². The second-order valence-corrected chi connectivity index (χ2v) is 5.96. The maximum absolute atomic E-state index is 12.0. The Morgan fingerprint density at radius 2 is 2.17 bits per heavy atom. The molecule has 0 saturated heterocycles. The molecule has 0 radical (unpaired) electrons. The van der Waals surface area contributed by atoms with Crippen LogP contribution in [0.3, 0.4) is 0 Å². The molecule has 1 aromatic rings. The predicted octanol–water partition coefficient (Wildman–Crippen LogP) is 3.35. The molecule has 3 nitrogen and oxygen atoms in total. The Morgan fingerprint density at radius 1 is 1.33 bits per heavy atom. The maximum atomic E-state index is 12.0. The molecule has 2 fully saturated rings. The van der Waals surface area contributed by atoms with Gasteiger partial charge >= 0.3 is 0 Å². The predicted molar refractivity (Wildman–Crippen MR) is 74.5 cm³/mol. The van der Waals surface area contributed by atoms with Crippen LogP contribution in [0.15, 0.2) is 33.8 Å². The van der Waals surface area contributed by atoms with Gasteiger partial charge < -0.3 is 0 Å². The van der Waals surface area contributed by atoms with E-state index >= 15 is 0 Å². The minimum Gasteiger partial charge on any atom is -0.267 e. The highest BCUT2D eigenvalue weighted by Gasteiger charge is 2.36. The molecule has 1 amide bonds. The zero-order valence-electron chi connectivity index (χ0n) is 10.0. The van der Waals surface area contributed by atoms with E-state index in [-0.39, 0.29) is 5.91 Å². The Labute approximate surface area is 115 Å². The summed E-state index contributed by atoms with van der Waals surface area (Å²) in [5, 5.41) is 4.32. The van der Waals surface area contributed by atoms with Gasteiger partial charge in [0.05, 0.1) is 5.56 Å². The van der Waals surface area contributed by atoms with Crippen LogP contribution >= 0.6 is 15.9 Å². The lowest BCUT2D eigenvalue weighted by Gasteiger charge is -2.11. The van der Waals surface area contributed by atoms with E-state index in [1.807, 2.05) is 18.2 Å². The largest absolute Gasteiger partial charge is 0.272 e. The Kier molecular flexibility index (Phi) is 3.20. The molecular weight excluding hydrogens is 292 g/mol. The van der Waals surface area contributed by atoms with Gasteiger partial charge in [-0.2, -0.15) is 5.10 Å². The molecule has 0 unspecified atom stereocenters. The number of halogens is 1. The fourth-order valence-electron chi connectivity index (χ4n) is 2.99. The smallest absolute Gasteiger partial charge is 0.267 e. The number of rotatable bonds is 2. The van der Waals surface area contributed by atoms with Gasteiger partial charge in [0.1, 0.15) is 0 Å². The van der Waals surface area contributed by atoms with Crippen molar-refractivity contribution in [1.29, 1.82) is 0 Å². The van der Waals surface area contributed by atoms with Crippen LogP contribution in [0, 0.1) is 11.8 Å². The lowest BCUT2D eigenvalue weighted by atomic mass is 9.99. The molecule has 18 heavy (non-hydrogen) atoms. The summed E-state index contributed by atoms with van der Waals surface area (Å²) in [6.45, 7) is 0. The van der Waals surface area contributed by atoms with Gasteiger partial charge in [-0.3, -0.25) is 4.79 Å². The fraction of sp³-hybridized carbons (Fsp3) is 0.429. The van der Waals surface area contributed by atoms with E-state index < -0.39 is 0 Å². The first-order valence-electron chi connectivity index (χ1n) is 6.35. The fourth-order valence-corrected chi connectivity index (χ4v) is 3.46. The molecule has 0 spiro atoms. The van der Waals surface area contributed by atoms with Crippen molar-refractivity contribution in [2.45, 2.75) is 25.7 Å². The number of hydrogen-bond acceptors (Lipinski definition) is 2. The lowest BCUT2D eigenvalue weighted by Crippen LogP contribution is -2.22. The van der Waals surface area contributed by atoms with Crippen LogP contribution < -0.4 is 5.43 Å². The topological polar surface area (TPSA) is 41.5 Å². The van der Waals surface area contributed by atoms with Crippen molar-refractivity contribution in [3.8, 4) is 0 Å². The Balaban J connectivity index is 1.69. The summed E-state index contributed by atoms with van der Waals surface area (Å²) in [5.74, 6) is 1.29. The van der Waals surface area contributed by atoms with Crippen molar-refractivity contribution in [2.24, 2.45) is 16.9 Å². The Bertz CT molecular complexity index is 512. The van der Waals surface area contributed by atoms with Crippen molar-refractivity contribution in [2.75, 3.05) is 0 Å². The summed E-state index contributed by atoms with van der Waals surface area (Å²) in [5.41, 5.74) is 4.50. The monoisotopic (exact) mass is 306 g/mol. The van der Waals surface area contributed by atoms with Crippen LogP contribution in [0.4, 0.5) is 0 Å². The molecule has 2 atom stereocenters. The van der Waals surface area contributed by atoms with Crippen LogP contribution in [0.25, 0.3) is 0 Å². The zero-order chi connectivity index (χ0) is 12.5. The average molecular weight is 307 g/mol. The SMILES string of the molecule is O=C(N/N=C1/C[C@H]2CC[C@H]1C2)c1ccccc1Br. The van der Waals surface area contributed by atoms with Crippen LogP contribution in [-0.4, -0.2) is 11.6 Å². The first-order valence-corrected chi connectivity index (χ1v) is 7.14. The third-order valence-electron chi connectivity index (χ3n) is 3.93. The highest BCUT2D eigenvalue weighted by Crippen LogP contribution is 2.42. The van der Waals surface area contributed by atoms with Gasteiger partial charge in [-0.1, -0.05) is 12.1 Å². The number of carbonyl (C=O) groups is 1. The second kappa shape index (κ2) is 4.84. The molecule has 0 aromatic heterocycles. The zero-order valence-corrected chi connectivity index (χ0v) is 11.6. The van der Waals surface area contributed by atoms with E-state index in [1.165, 1.54) is 25.0 Å². The average Bonchev–Trinajstić information content (AvgIpc) is 2.98. The Morgan fingerprint density at radius 3 is 2.83 bits per heavy atom. The number of nitrogens with zero attached hydrogens (tertiary/aromatic N) is 1. The van der Waals surface area contributed by atoms with Crippen molar-refractivity contribution in [3.63, 3.8) is 0 Å². The highest BCUT2D eigenvalue weighted by atomic mass is 79.9. The minimum absolute atomic E-state index is 0.141. The minimum atomic E-state index is -0.141. The molecule has 2 saturated carbocycles. The van der Waals surface area contributed by atoms with Crippen molar-refractivity contribution in [3.05, 3.63) is 34.3 Å². The summed E-state index contributed by atoms with van der Waals surface area (Å²) in [6, 6.07) is 7.40. The summed E-state index contributed by atoms with van der Waals surface area (Å²) >= 11 is 3.37. The standard InChI is InChI=1S/C14H15BrN2O/c15-12-4-2-1-3-11(12)14(18)17-16-13-8-9-5-6-10(13)7-9/h1-4,9-10H,5-8H2,(H,17,18)/b16-13-/t9-,10-/m0/s1. The maximum Gasteiger partial charge on any atom is 0.272 e.